The first-order chi connectivity index (χ1) is 10.1. The lowest BCUT2D eigenvalue weighted by Crippen LogP contribution is -2.39. The number of Topliss-reactive ketones (excluding diaryl/α,β-unsaturated/α-hetero) is 1. The van der Waals surface area contributed by atoms with Gasteiger partial charge in [0, 0.05) is 18.5 Å². The molecule has 0 fully saturated rings. The highest BCUT2D eigenvalue weighted by atomic mass is 16.5. The minimum atomic E-state index is -0.497. The zero-order valence-corrected chi connectivity index (χ0v) is 12.6. The molecular weight excluding hydrogens is 270 g/mol. The number of carbonyl (C=O) groups excluding carboxylic acids is 2. The van der Waals surface area contributed by atoms with Gasteiger partial charge in [0.2, 0.25) is 0 Å². The monoisotopic (exact) mass is 293 g/mol. The van der Waals surface area contributed by atoms with Crippen LogP contribution in [0.15, 0.2) is 24.3 Å². The Morgan fingerprint density at radius 2 is 1.95 bits per heavy atom. The molecule has 0 aromatic heterocycles. The van der Waals surface area contributed by atoms with Gasteiger partial charge in [0.05, 0.1) is 19.8 Å². The Morgan fingerprint density at radius 3 is 2.48 bits per heavy atom. The fourth-order valence-corrected chi connectivity index (χ4v) is 2.03. The Labute approximate surface area is 125 Å². The van der Waals surface area contributed by atoms with E-state index in [1.54, 1.807) is 12.1 Å². The molecule has 116 valence electrons. The van der Waals surface area contributed by atoms with Crippen LogP contribution in [0.2, 0.25) is 0 Å². The molecule has 0 saturated heterocycles. The molecule has 1 aromatic carbocycles. The van der Waals surface area contributed by atoms with Crippen LogP contribution < -0.4 is 5.32 Å². The molecule has 0 aliphatic carbocycles. The third kappa shape index (κ3) is 5.65. The van der Waals surface area contributed by atoms with Crippen molar-refractivity contribution in [3.63, 3.8) is 0 Å². The highest BCUT2D eigenvalue weighted by Crippen LogP contribution is 2.11. The SMILES string of the molecule is CCc1ccc(C(=O)C(CCC(=O)OC)NCCO)cc1. The second kappa shape index (κ2) is 9.26. The van der Waals surface area contributed by atoms with Gasteiger partial charge in [-0.3, -0.25) is 9.59 Å². The van der Waals surface area contributed by atoms with Crippen molar-refractivity contribution in [3.8, 4) is 0 Å². The average Bonchev–Trinajstić information content (AvgIpc) is 2.54. The number of ketones is 1. The Balaban J connectivity index is 2.74. The number of ether oxygens (including phenoxy) is 1. The summed E-state index contributed by atoms with van der Waals surface area (Å²) in [6, 6.07) is 6.95. The average molecular weight is 293 g/mol. The minimum Gasteiger partial charge on any atom is -0.469 e. The molecule has 0 bridgehead atoms. The first-order valence-corrected chi connectivity index (χ1v) is 7.16. The molecule has 0 spiro atoms. The largest absolute Gasteiger partial charge is 0.469 e. The number of rotatable bonds is 9. The van der Waals surface area contributed by atoms with E-state index >= 15 is 0 Å². The van der Waals surface area contributed by atoms with Gasteiger partial charge in [0.15, 0.2) is 5.78 Å². The Kier molecular flexibility index (Phi) is 7.64. The molecule has 0 radical (unpaired) electrons. The number of aryl methyl sites for hydroxylation is 1. The molecule has 21 heavy (non-hydrogen) atoms. The number of aliphatic hydroxyl groups excluding tert-OH is 1. The van der Waals surface area contributed by atoms with Crippen LogP contribution in [0.1, 0.15) is 35.7 Å². The van der Waals surface area contributed by atoms with Crippen LogP contribution in [0.5, 0.6) is 0 Å². The molecule has 0 aliphatic heterocycles. The summed E-state index contributed by atoms with van der Waals surface area (Å²) in [6.45, 7) is 2.31. The molecule has 0 aliphatic rings. The minimum absolute atomic E-state index is 0.0588. The number of nitrogens with one attached hydrogen (secondary N) is 1. The maximum absolute atomic E-state index is 12.5. The van der Waals surface area contributed by atoms with Crippen molar-refractivity contribution in [2.45, 2.75) is 32.2 Å². The normalized spacial score (nSPS) is 12.0. The van der Waals surface area contributed by atoms with Crippen molar-refractivity contribution in [3.05, 3.63) is 35.4 Å². The van der Waals surface area contributed by atoms with E-state index in [1.165, 1.54) is 12.7 Å². The highest BCUT2D eigenvalue weighted by molar-refractivity contribution is 6.00. The van der Waals surface area contributed by atoms with Crippen molar-refractivity contribution in [2.24, 2.45) is 0 Å². The standard InChI is InChI=1S/C16H23NO4/c1-3-12-4-6-13(7-5-12)16(20)14(17-10-11-18)8-9-15(19)21-2/h4-7,14,17-18H,3,8-11H2,1-2H3. The van der Waals surface area contributed by atoms with E-state index in [1.807, 2.05) is 12.1 Å². The second-order valence-electron chi connectivity index (χ2n) is 4.76. The van der Waals surface area contributed by atoms with E-state index in [4.69, 9.17) is 5.11 Å². The van der Waals surface area contributed by atoms with Crippen LogP contribution in [-0.4, -0.2) is 43.2 Å². The van der Waals surface area contributed by atoms with Gasteiger partial charge in [0.25, 0.3) is 0 Å². The maximum atomic E-state index is 12.5. The Hall–Kier alpha value is -1.72. The lowest BCUT2D eigenvalue weighted by atomic mass is 9.98. The predicted octanol–water partition coefficient (Wildman–Crippen LogP) is 1.34. The summed E-state index contributed by atoms with van der Waals surface area (Å²) in [7, 11) is 1.32. The van der Waals surface area contributed by atoms with E-state index in [0.29, 0.717) is 18.5 Å². The lowest BCUT2D eigenvalue weighted by molar-refractivity contribution is -0.140. The zero-order chi connectivity index (χ0) is 15.7. The van der Waals surface area contributed by atoms with Gasteiger partial charge in [-0.05, 0) is 18.4 Å². The van der Waals surface area contributed by atoms with Gasteiger partial charge in [0.1, 0.15) is 0 Å². The molecule has 0 amide bonds. The van der Waals surface area contributed by atoms with Gasteiger partial charge >= 0.3 is 5.97 Å². The van der Waals surface area contributed by atoms with Crippen molar-refractivity contribution < 1.29 is 19.4 Å². The zero-order valence-electron chi connectivity index (χ0n) is 12.6. The summed E-state index contributed by atoms with van der Waals surface area (Å²) in [5.41, 5.74) is 1.77. The Bertz CT molecular complexity index is 456. The van der Waals surface area contributed by atoms with E-state index in [0.717, 1.165) is 6.42 Å². The topological polar surface area (TPSA) is 75.6 Å². The van der Waals surface area contributed by atoms with Gasteiger partial charge < -0.3 is 15.2 Å². The van der Waals surface area contributed by atoms with Crippen LogP contribution in [0.25, 0.3) is 0 Å². The molecular formula is C16H23NO4. The van der Waals surface area contributed by atoms with E-state index in [9.17, 15) is 9.59 Å². The molecule has 1 unspecified atom stereocenters. The van der Waals surface area contributed by atoms with Crippen LogP contribution in [-0.2, 0) is 16.0 Å². The lowest BCUT2D eigenvalue weighted by Gasteiger charge is -2.17. The molecule has 1 rings (SSSR count). The number of methoxy groups -OCH3 is 1. The van der Waals surface area contributed by atoms with Crippen LogP contribution >= 0.6 is 0 Å². The third-order valence-corrected chi connectivity index (χ3v) is 3.33. The number of hydrogen-bond acceptors (Lipinski definition) is 5. The second-order valence-corrected chi connectivity index (χ2v) is 4.76. The molecule has 1 atom stereocenters. The summed E-state index contributed by atoms with van der Waals surface area (Å²) in [5, 5.41) is 11.9. The highest BCUT2D eigenvalue weighted by Gasteiger charge is 2.20. The summed E-state index contributed by atoms with van der Waals surface area (Å²) in [4.78, 5) is 23.7. The van der Waals surface area contributed by atoms with Crippen LogP contribution in [0.4, 0.5) is 0 Å². The van der Waals surface area contributed by atoms with E-state index < -0.39 is 6.04 Å². The number of carbonyl (C=O) groups is 2. The van der Waals surface area contributed by atoms with Crippen molar-refractivity contribution >= 4 is 11.8 Å². The summed E-state index contributed by atoms with van der Waals surface area (Å²) >= 11 is 0. The fourth-order valence-electron chi connectivity index (χ4n) is 2.03. The number of hydrogen-bond donors (Lipinski definition) is 2. The predicted molar refractivity (Wildman–Crippen MR) is 80.3 cm³/mol. The smallest absolute Gasteiger partial charge is 0.305 e. The van der Waals surface area contributed by atoms with Crippen molar-refractivity contribution in [1.82, 2.24) is 5.32 Å². The van der Waals surface area contributed by atoms with Gasteiger partial charge in [-0.25, -0.2) is 0 Å². The molecule has 1 aromatic rings. The van der Waals surface area contributed by atoms with Crippen molar-refractivity contribution in [2.75, 3.05) is 20.3 Å². The van der Waals surface area contributed by atoms with Gasteiger partial charge in [-0.2, -0.15) is 0 Å². The van der Waals surface area contributed by atoms with Gasteiger partial charge in [-0.15, -0.1) is 0 Å². The number of esters is 1. The fraction of sp³-hybridized carbons (Fsp3) is 0.500. The number of benzene rings is 1. The Morgan fingerprint density at radius 1 is 1.29 bits per heavy atom. The molecule has 0 saturated carbocycles. The molecule has 5 nitrogen and oxygen atoms in total. The van der Waals surface area contributed by atoms with Gasteiger partial charge in [-0.1, -0.05) is 31.2 Å². The maximum Gasteiger partial charge on any atom is 0.305 e. The summed E-state index contributed by atoms with van der Waals surface area (Å²) in [5.74, 6) is -0.421. The first kappa shape index (κ1) is 17.3. The van der Waals surface area contributed by atoms with Crippen LogP contribution in [0, 0.1) is 0 Å². The van der Waals surface area contributed by atoms with Crippen molar-refractivity contribution in [1.29, 1.82) is 0 Å². The molecule has 5 heteroatoms. The van der Waals surface area contributed by atoms with E-state index in [2.05, 4.69) is 17.0 Å². The summed E-state index contributed by atoms with van der Waals surface area (Å²) in [6.07, 6.45) is 1.43. The quantitative estimate of drug-likeness (QED) is 0.531. The first-order valence-electron chi connectivity index (χ1n) is 7.16. The molecule has 2 N–H and O–H groups in total. The number of aliphatic hydroxyl groups is 1. The third-order valence-electron chi connectivity index (χ3n) is 3.33. The van der Waals surface area contributed by atoms with E-state index in [-0.39, 0.29) is 24.8 Å². The molecule has 0 heterocycles. The summed E-state index contributed by atoms with van der Waals surface area (Å²) < 4.78 is 4.59. The van der Waals surface area contributed by atoms with Crippen LogP contribution in [0.3, 0.4) is 0 Å².